The van der Waals surface area contributed by atoms with Crippen molar-refractivity contribution in [3.8, 4) is 0 Å². The van der Waals surface area contributed by atoms with E-state index in [2.05, 4.69) is 5.32 Å². The van der Waals surface area contributed by atoms with Gasteiger partial charge in [0.2, 0.25) is 5.91 Å². The van der Waals surface area contributed by atoms with E-state index >= 15 is 0 Å². The van der Waals surface area contributed by atoms with Crippen LogP contribution in [-0.4, -0.2) is 31.2 Å². The highest BCUT2D eigenvalue weighted by Gasteiger charge is 2.21. The van der Waals surface area contributed by atoms with E-state index in [-0.39, 0.29) is 23.0 Å². The SMILES string of the molecule is CCS(=O)(=O)c1ccc(CCC(=O)N[C@H](C(=O)O)c2ccccc2)cc1. The van der Waals surface area contributed by atoms with Gasteiger partial charge in [-0.05, 0) is 29.7 Å². The third-order valence-corrected chi connectivity index (χ3v) is 5.74. The molecule has 1 amide bonds. The van der Waals surface area contributed by atoms with Crippen LogP contribution in [0.2, 0.25) is 0 Å². The number of sulfone groups is 1. The van der Waals surface area contributed by atoms with Gasteiger partial charge in [0, 0.05) is 6.42 Å². The lowest BCUT2D eigenvalue weighted by atomic mass is 10.1. The van der Waals surface area contributed by atoms with Crippen LogP contribution < -0.4 is 5.32 Å². The molecule has 2 N–H and O–H groups in total. The highest BCUT2D eigenvalue weighted by Crippen LogP contribution is 2.15. The first kappa shape index (κ1) is 19.7. The van der Waals surface area contributed by atoms with Gasteiger partial charge < -0.3 is 10.4 Å². The lowest BCUT2D eigenvalue weighted by Gasteiger charge is -2.15. The van der Waals surface area contributed by atoms with Crippen molar-refractivity contribution in [3.05, 3.63) is 65.7 Å². The van der Waals surface area contributed by atoms with Crippen LogP contribution in [0.15, 0.2) is 59.5 Å². The Morgan fingerprint density at radius 1 is 1.04 bits per heavy atom. The standard InChI is InChI=1S/C19H21NO5S/c1-2-26(24,25)16-11-8-14(9-12-16)10-13-17(21)20-18(19(22)23)15-6-4-3-5-7-15/h3-9,11-12,18H,2,10,13H2,1H3,(H,20,21)(H,22,23)/t18-/m0/s1. The second kappa shape index (κ2) is 8.62. The molecule has 0 heterocycles. The maximum Gasteiger partial charge on any atom is 0.330 e. The zero-order valence-corrected chi connectivity index (χ0v) is 15.2. The number of carbonyl (C=O) groups excluding carboxylic acids is 1. The lowest BCUT2D eigenvalue weighted by Crippen LogP contribution is -2.33. The predicted molar refractivity (Wildman–Crippen MR) is 97.5 cm³/mol. The van der Waals surface area contributed by atoms with E-state index in [1.807, 2.05) is 0 Å². The maximum absolute atomic E-state index is 12.1. The van der Waals surface area contributed by atoms with Crippen LogP contribution in [0.3, 0.4) is 0 Å². The van der Waals surface area contributed by atoms with Gasteiger partial charge >= 0.3 is 5.97 Å². The zero-order valence-electron chi connectivity index (χ0n) is 14.4. The minimum atomic E-state index is -3.25. The quantitative estimate of drug-likeness (QED) is 0.738. The Labute approximate surface area is 152 Å². The number of hydrogen-bond donors (Lipinski definition) is 2. The van der Waals surface area contributed by atoms with E-state index in [0.29, 0.717) is 12.0 Å². The summed E-state index contributed by atoms with van der Waals surface area (Å²) < 4.78 is 23.6. The molecule has 0 spiro atoms. The number of hydrogen-bond acceptors (Lipinski definition) is 4. The molecule has 0 aliphatic carbocycles. The monoisotopic (exact) mass is 375 g/mol. The van der Waals surface area contributed by atoms with Gasteiger partial charge in [-0.25, -0.2) is 13.2 Å². The van der Waals surface area contributed by atoms with E-state index in [0.717, 1.165) is 5.56 Å². The van der Waals surface area contributed by atoms with E-state index < -0.39 is 21.8 Å². The van der Waals surface area contributed by atoms with Crippen molar-refractivity contribution in [1.82, 2.24) is 5.32 Å². The molecule has 0 aliphatic heterocycles. The summed E-state index contributed by atoms with van der Waals surface area (Å²) in [7, 11) is -3.25. The molecule has 0 saturated carbocycles. The van der Waals surface area contributed by atoms with E-state index in [4.69, 9.17) is 0 Å². The number of amides is 1. The van der Waals surface area contributed by atoms with Gasteiger partial charge in [-0.1, -0.05) is 49.4 Å². The molecule has 0 aliphatic rings. The van der Waals surface area contributed by atoms with Crippen LogP contribution in [0, 0.1) is 0 Å². The van der Waals surface area contributed by atoms with Gasteiger partial charge in [-0.2, -0.15) is 0 Å². The summed E-state index contributed by atoms with van der Waals surface area (Å²) >= 11 is 0. The van der Waals surface area contributed by atoms with Crippen molar-refractivity contribution in [1.29, 1.82) is 0 Å². The number of carbonyl (C=O) groups is 2. The molecule has 1 atom stereocenters. The minimum absolute atomic E-state index is 0.0326. The molecular weight excluding hydrogens is 354 g/mol. The van der Waals surface area contributed by atoms with Crippen LogP contribution in [0.5, 0.6) is 0 Å². The van der Waals surface area contributed by atoms with Gasteiger partial charge in [0.15, 0.2) is 15.9 Å². The van der Waals surface area contributed by atoms with Crippen molar-refractivity contribution in [2.45, 2.75) is 30.7 Å². The fourth-order valence-corrected chi connectivity index (χ4v) is 3.34. The van der Waals surface area contributed by atoms with Crippen LogP contribution in [0.25, 0.3) is 0 Å². The Morgan fingerprint density at radius 3 is 2.19 bits per heavy atom. The third kappa shape index (κ3) is 5.16. The van der Waals surface area contributed by atoms with Crippen LogP contribution in [0.4, 0.5) is 0 Å². The molecule has 2 rings (SSSR count). The summed E-state index contributed by atoms with van der Waals surface area (Å²) in [6, 6.07) is 13.8. The molecule has 0 radical (unpaired) electrons. The zero-order chi connectivity index (χ0) is 19.2. The molecule has 0 bridgehead atoms. The second-order valence-corrected chi connectivity index (χ2v) is 8.08. The molecule has 0 unspecified atom stereocenters. The molecular formula is C19H21NO5S. The van der Waals surface area contributed by atoms with Crippen LogP contribution in [-0.2, 0) is 25.8 Å². The molecule has 0 saturated heterocycles. The van der Waals surface area contributed by atoms with Gasteiger partial charge in [-0.3, -0.25) is 4.79 Å². The topological polar surface area (TPSA) is 101 Å². The smallest absolute Gasteiger partial charge is 0.330 e. The Bertz CT molecular complexity index is 861. The molecule has 26 heavy (non-hydrogen) atoms. The summed E-state index contributed by atoms with van der Waals surface area (Å²) in [6.07, 6.45) is 0.496. The number of aliphatic carboxylic acids is 1. The van der Waals surface area contributed by atoms with Gasteiger partial charge in [-0.15, -0.1) is 0 Å². The molecule has 7 heteroatoms. The van der Waals surface area contributed by atoms with E-state index in [1.165, 1.54) is 12.1 Å². The largest absolute Gasteiger partial charge is 0.479 e. The number of aryl methyl sites for hydroxylation is 1. The summed E-state index contributed by atoms with van der Waals surface area (Å²) in [5.41, 5.74) is 1.31. The van der Waals surface area contributed by atoms with Crippen molar-refractivity contribution in [2.75, 3.05) is 5.75 Å². The van der Waals surface area contributed by atoms with Crippen molar-refractivity contribution in [3.63, 3.8) is 0 Å². The summed E-state index contributed by atoms with van der Waals surface area (Å²) in [6.45, 7) is 1.58. The summed E-state index contributed by atoms with van der Waals surface area (Å²) in [5.74, 6) is -1.48. The average molecular weight is 375 g/mol. The second-order valence-electron chi connectivity index (χ2n) is 5.80. The molecule has 6 nitrogen and oxygen atoms in total. The Kier molecular flexibility index (Phi) is 6.52. The first-order chi connectivity index (χ1) is 12.3. The molecule has 2 aromatic carbocycles. The van der Waals surface area contributed by atoms with Crippen molar-refractivity contribution in [2.24, 2.45) is 0 Å². The fraction of sp³-hybridized carbons (Fsp3) is 0.263. The molecule has 0 fully saturated rings. The van der Waals surface area contributed by atoms with E-state index in [1.54, 1.807) is 49.4 Å². The number of carboxylic acid groups (broad SMARTS) is 1. The third-order valence-electron chi connectivity index (χ3n) is 3.99. The minimum Gasteiger partial charge on any atom is -0.479 e. The molecule has 0 aromatic heterocycles. The Hall–Kier alpha value is -2.67. The number of rotatable bonds is 8. The van der Waals surface area contributed by atoms with Gasteiger partial charge in [0.25, 0.3) is 0 Å². The first-order valence-electron chi connectivity index (χ1n) is 8.22. The van der Waals surface area contributed by atoms with Crippen LogP contribution in [0.1, 0.15) is 30.5 Å². The first-order valence-corrected chi connectivity index (χ1v) is 9.87. The van der Waals surface area contributed by atoms with Gasteiger partial charge in [0.1, 0.15) is 0 Å². The predicted octanol–water partition coefficient (Wildman–Crippen LogP) is 2.35. The number of carboxylic acids is 1. The summed E-state index contributed by atoms with van der Waals surface area (Å²) in [4.78, 5) is 23.8. The van der Waals surface area contributed by atoms with Crippen LogP contribution >= 0.6 is 0 Å². The highest BCUT2D eigenvalue weighted by atomic mass is 32.2. The Morgan fingerprint density at radius 2 is 1.65 bits per heavy atom. The number of nitrogens with one attached hydrogen (secondary N) is 1. The Balaban J connectivity index is 1.96. The van der Waals surface area contributed by atoms with Crippen molar-refractivity contribution < 1.29 is 23.1 Å². The van der Waals surface area contributed by atoms with Crippen molar-refractivity contribution >= 4 is 21.7 Å². The number of benzene rings is 2. The normalized spacial score (nSPS) is 12.3. The highest BCUT2D eigenvalue weighted by molar-refractivity contribution is 7.91. The summed E-state index contributed by atoms with van der Waals surface area (Å²) in [5, 5.41) is 11.8. The maximum atomic E-state index is 12.1. The average Bonchev–Trinajstić information content (AvgIpc) is 2.65. The van der Waals surface area contributed by atoms with E-state index in [9.17, 15) is 23.1 Å². The molecule has 2 aromatic rings. The van der Waals surface area contributed by atoms with Gasteiger partial charge in [0.05, 0.1) is 10.6 Å². The fourth-order valence-electron chi connectivity index (χ4n) is 2.45. The lowest BCUT2D eigenvalue weighted by molar-refractivity contribution is -0.142. The molecule has 138 valence electrons.